The molecular formula is C14H12FN3OS. The van der Waals surface area contributed by atoms with Gasteiger partial charge in [0.05, 0.1) is 0 Å². The van der Waals surface area contributed by atoms with Gasteiger partial charge in [0.25, 0.3) is 0 Å². The topological polar surface area (TPSA) is 78.9 Å². The Labute approximate surface area is 119 Å². The van der Waals surface area contributed by atoms with E-state index in [-0.39, 0.29) is 5.56 Å². The van der Waals surface area contributed by atoms with Gasteiger partial charge in [-0.15, -0.1) is 11.3 Å². The highest BCUT2D eigenvalue weighted by molar-refractivity contribution is 7.12. The smallest absolute Gasteiger partial charge is 0.248 e. The van der Waals surface area contributed by atoms with E-state index in [2.05, 4.69) is 11.4 Å². The Bertz CT molecular complexity index is 703. The van der Waals surface area contributed by atoms with Crippen molar-refractivity contribution in [2.75, 3.05) is 5.32 Å². The van der Waals surface area contributed by atoms with Crippen molar-refractivity contribution in [1.29, 1.82) is 5.26 Å². The summed E-state index contributed by atoms with van der Waals surface area (Å²) in [6.07, 6.45) is 0. The highest BCUT2D eigenvalue weighted by atomic mass is 32.1. The maximum absolute atomic E-state index is 13.7. The van der Waals surface area contributed by atoms with Gasteiger partial charge in [-0.3, -0.25) is 4.79 Å². The fourth-order valence-electron chi connectivity index (χ4n) is 1.72. The van der Waals surface area contributed by atoms with Crippen LogP contribution in [0.5, 0.6) is 0 Å². The van der Waals surface area contributed by atoms with Crippen LogP contribution < -0.4 is 11.1 Å². The fraction of sp³-hybridized carbons (Fsp3) is 0.143. The molecule has 1 amide bonds. The van der Waals surface area contributed by atoms with Crippen LogP contribution in [0.1, 0.15) is 25.7 Å². The maximum Gasteiger partial charge on any atom is 0.248 e. The van der Waals surface area contributed by atoms with Gasteiger partial charge in [-0.1, -0.05) is 0 Å². The second kappa shape index (κ2) is 5.72. The normalized spacial score (nSPS) is 10.1. The number of thiophene rings is 1. The van der Waals surface area contributed by atoms with E-state index < -0.39 is 11.7 Å². The molecule has 20 heavy (non-hydrogen) atoms. The minimum Gasteiger partial charge on any atom is -0.380 e. The van der Waals surface area contributed by atoms with E-state index in [1.165, 1.54) is 17.4 Å². The van der Waals surface area contributed by atoms with E-state index in [1.54, 1.807) is 13.0 Å². The number of halogens is 1. The molecule has 1 heterocycles. The van der Waals surface area contributed by atoms with Gasteiger partial charge >= 0.3 is 0 Å². The molecule has 0 unspecified atom stereocenters. The number of carbonyl (C=O) groups excluding carboxylic acids is 1. The van der Waals surface area contributed by atoms with Crippen molar-refractivity contribution in [3.8, 4) is 6.07 Å². The van der Waals surface area contributed by atoms with Crippen molar-refractivity contribution >= 4 is 22.9 Å². The van der Waals surface area contributed by atoms with Crippen molar-refractivity contribution in [3.05, 3.63) is 51.0 Å². The average Bonchev–Trinajstić information content (AvgIpc) is 2.88. The van der Waals surface area contributed by atoms with E-state index >= 15 is 0 Å². The molecule has 0 aliphatic heterocycles. The number of amides is 1. The summed E-state index contributed by atoms with van der Waals surface area (Å²) in [7, 11) is 0. The lowest BCUT2D eigenvalue weighted by molar-refractivity contribution is 0.1000. The Kier molecular flexibility index (Phi) is 4.01. The van der Waals surface area contributed by atoms with Crippen molar-refractivity contribution in [2.45, 2.75) is 13.5 Å². The van der Waals surface area contributed by atoms with Crippen LogP contribution in [-0.4, -0.2) is 5.91 Å². The van der Waals surface area contributed by atoms with Crippen molar-refractivity contribution < 1.29 is 9.18 Å². The molecule has 0 atom stereocenters. The van der Waals surface area contributed by atoms with Crippen LogP contribution >= 0.6 is 11.3 Å². The first kappa shape index (κ1) is 14.0. The number of carbonyl (C=O) groups is 1. The zero-order valence-corrected chi connectivity index (χ0v) is 11.6. The van der Waals surface area contributed by atoms with E-state index in [9.17, 15) is 9.18 Å². The number of nitriles is 1. The molecule has 0 saturated heterocycles. The Morgan fingerprint density at radius 1 is 1.50 bits per heavy atom. The molecule has 2 rings (SSSR count). The molecular weight excluding hydrogens is 277 g/mol. The van der Waals surface area contributed by atoms with E-state index in [4.69, 9.17) is 11.0 Å². The highest BCUT2D eigenvalue weighted by Gasteiger charge is 2.10. The Morgan fingerprint density at radius 3 is 2.85 bits per heavy atom. The lowest BCUT2D eigenvalue weighted by Gasteiger charge is -2.11. The third kappa shape index (κ3) is 2.95. The molecule has 0 aliphatic carbocycles. The number of benzene rings is 1. The number of rotatable bonds is 4. The van der Waals surface area contributed by atoms with Crippen LogP contribution in [0.3, 0.4) is 0 Å². The van der Waals surface area contributed by atoms with Gasteiger partial charge < -0.3 is 11.1 Å². The summed E-state index contributed by atoms with van der Waals surface area (Å²) < 4.78 is 13.7. The Morgan fingerprint density at radius 2 is 2.25 bits per heavy atom. The van der Waals surface area contributed by atoms with E-state index in [0.29, 0.717) is 22.7 Å². The van der Waals surface area contributed by atoms with Crippen molar-refractivity contribution in [2.24, 2.45) is 5.73 Å². The first-order valence-corrected chi connectivity index (χ1v) is 6.65. The van der Waals surface area contributed by atoms with Crippen LogP contribution in [0.25, 0.3) is 0 Å². The third-order valence-corrected chi connectivity index (χ3v) is 3.84. The SMILES string of the molecule is Cc1c(F)cc(C(N)=O)cc1NCc1ccc(C#N)s1. The second-order valence-electron chi connectivity index (χ2n) is 4.23. The van der Waals surface area contributed by atoms with Gasteiger partial charge in [0, 0.05) is 28.2 Å². The Hall–Kier alpha value is -2.39. The fourth-order valence-corrected chi connectivity index (χ4v) is 2.46. The lowest BCUT2D eigenvalue weighted by Crippen LogP contribution is -2.12. The first-order chi connectivity index (χ1) is 9.51. The predicted octanol–water partition coefficient (Wildman–Crippen LogP) is 2.78. The van der Waals surface area contributed by atoms with Crippen LogP contribution in [0.4, 0.5) is 10.1 Å². The van der Waals surface area contributed by atoms with Crippen LogP contribution in [0.2, 0.25) is 0 Å². The van der Waals surface area contributed by atoms with Crippen LogP contribution in [0, 0.1) is 24.1 Å². The summed E-state index contributed by atoms with van der Waals surface area (Å²) in [6.45, 7) is 2.08. The lowest BCUT2D eigenvalue weighted by atomic mass is 10.1. The van der Waals surface area contributed by atoms with Gasteiger partial charge in [-0.05, 0) is 31.2 Å². The zero-order chi connectivity index (χ0) is 14.7. The quantitative estimate of drug-likeness (QED) is 0.908. The first-order valence-electron chi connectivity index (χ1n) is 5.84. The number of hydrogen-bond acceptors (Lipinski definition) is 4. The van der Waals surface area contributed by atoms with Crippen LogP contribution in [-0.2, 0) is 6.54 Å². The molecule has 102 valence electrons. The summed E-state index contributed by atoms with van der Waals surface area (Å²) in [5.74, 6) is -1.15. The van der Waals surface area contributed by atoms with E-state index in [1.807, 2.05) is 6.07 Å². The standard InChI is InChI=1S/C14H12FN3OS/c1-8-12(15)4-9(14(17)19)5-13(8)18-7-11-3-2-10(6-16)20-11/h2-5,18H,7H2,1H3,(H2,17,19). The minimum absolute atomic E-state index is 0.125. The monoisotopic (exact) mass is 289 g/mol. The predicted molar refractivity (Wildman–Crippen MR) is 76.0 cm³/mol. The zero-order valence-electron chi connectivity index (χ0n) is 10.7. The summed E-state index contributed by atoms with van der Waals surface area (Å²) in [4.78, 5) is 12.7. The number of primary amides is 1. The van der Waals surface area contributed by atoms with Gasteiger partial charge in [-0.25, -0.2) is 4.39 Å². The van der Waals surface area contributed by atoms with E-state index in [0.717, 1.165) is 10.9 Å². The van der Waals surface area contributed by atoms with Crippen molar-refractivity contribution in [3.63, 3.8) is 0 Å². The summed E-state index contributed by atoms with van der Waals surface area (Å²) in [5.41, 5.74) is 6.23. The molecule has 1 aromatic carbocycles. The average molecular weight is 289 g/mol. The third-order valence-electron chi connectivity index (χ3n) is 2.85. The summed E-state index contributed by atoms with van der Waals surface area (Å²) >= 11 is 1.36. The number of hydrogen-bond donors (Lipinski definition) is 2. The molecule has 0 aliphatic rings. The molecule has 0 fully saturated rings. The molecule has 3 N–H and O–H groups in total. The minimum atomic E-state index is -0.671. The molecule has 4 nitrogen and oxygen atoms in total. The molecule has 2 aromatic rings. The van der Waals surface area contributed by atoms with Crippen LogP contribution in [0.15, 0.2) is 24.3 Å². The van der Waals surface area contributed by atoms with Crippen molar-refractivity contribution in [1.82, 2.24) is 0 Å². The van der Waals surface area contributed by atoms with Gasteiger partial charge in [0.15, 0.2) is 0 Å². The van der Waals surface area contributed by atoms with Gasteiger partial charge in [0.1, 0.15) is 16.8 Å². The maximum atomic E-state index is 13.7. The van der Waals surface area contributed by atoms with Gasteiger partial charge in [0.2, 0.25) is 5.91 Å². The number of anilines is 1. The summed E-state index contributed by atoms with van der Waals surface area (Å²) in [5, 5.41) is 11.8. The molecule has 1 aromatic heterocycles. The second-order valence-corrected chi connectivity index (χ2v) is 5.39. The molecule has 0 spiro atoms. The number of nitrogens with two attached hydrogens (primary N) is 1. The molecule has 6 heteroatoms. The molecule has 0 saturated carbocycles. The largest absolute Gasteiger partial charge is 0.380 e. The van der Waals surface area contributed by atoms with Gasteiger partial charge in [-0.2, -0.15) is 5.26 Å². The highest BCUT2D eigenvalue weighted by Crippen LogP contribution is 2.23. The number of nitrogens with one attached hydrogen (secondary N) is 1. The number of nitrogens with zero attached hydrogens (tertiary/aromatic N) is 1. The molecule has 0 radical (unpaired) electrons. The Balaban J connectivity index is 2.20. The molecule has 0 bridgehead atoms. The summed E-state index contributed by atoms with van der Waals surface area (Å²) in [6, 6.07) is 8.28.